The van der Waals surface area contributed by atoms with E-state index in [1.807, 2.05) is 29.5 Å². The summed E-state index contributed by atoms with van der Waals surface area (Å²) in [6.07, 6.45) is 6.42. The Morgan fingerprint density at radius 2 is 2.10 bits per heavy atom. The predicted molar refractivity (Wildman–Crippen MR) is 89.3 cm³/mol. The van der Waals surface area contributed by atoms with Gasteiger partial charge in [0.25, 0.3) is 0 Å². The number of hydrogen-bond donors (Lipinski definition) is 1. The van der Waals surface area contributed by atoms with Gasteiger partial charge in [-0.2, -0.15) is 0 Å². The molecular weight excluding hydrogens is 300 g/mol. The first-order chi connectivity index (χ1) is 10.3. The molecule has 0 spiro atoms. The highest BCUT2D eigenvalue weighted by Crippen LogP contribution is 2.40. The molecule has 0 bridgehead atoms. The molecule has 0 radical (unpaired) electrons. The molecule has 1 unspecified atom stereocenters. The van der Waals surface area contributed by atoms with E-state index in [-0.39, 0.29) is 0 Å². The van der Waals surface area contributed by atoms with Crippen LogP contribution in [0.5, 0.6) is 0 Å². The Balaban J connectivity index is 1.62. The van der Waals surface area contributed by atoms with E-state index in [0.717, 1.165) is 28.2 Å². The van der Waals surface area contributed by atoms with Crippen molar-refractivity contribution in [2.24, 2.45) is 0 Å². The minimum Gasteiger partial charge on any atom is -0.313 e. The van der Waals surface area contributed by atoms with Gasteiger partial charge in [0.05, 0.1) is 10.7 Å². The van der Waals surface area contributed by atoms with Crippen molar-refractivity contribution in [1.82, 2.24) is 10.3 Å². The fraction of sp³-hybridized carbons (Fsp3) is 0.471. The number of aryl methyl sites for hydroxylation is 1. The van der Waals surface area contributed by atoms with Crippen molar-refractivity contribution in [3.63, 3.8) is 0 Å². The Kier molecular flexibility index (Phi) is 3.74. The van der Waals surface area contributed by atoms with Crippen LogP contribution in [0.25, 0.3) is 10.6 Å². The van der Waals surface area contributed by atoms with Crippen LogP contribution in [0.1, 0.15) is 42.2 Å². The number of rotatable bonds is 4. The van der Waals surface area contributed by atoms with E-state index < -0.39 is 0 Å². The van der Waals surface area contributed by atoms with Crippen molar-refractivity contribution in [3.05, 3.63) is 39.9 Å². The average molecular weight is 319 g/mol. The highest BCUT2D eigenvalue weighted by molar-refractivity contribution is 7.15. The molecule has 2 aliphatic carbocycles. The van der Waals surface area contributed by atoms with E-state index in [9.17, 15) is 0 Å². The monoisotopic (exact) mass is 318 g/mol. The second-order valence-electron chi connectivity index (χ2n) is 6.08. The van der Waals surface area contributed by atoms with E-state index in [2.05, 4.69) is 11.4 Å². The number of hydrogen-bond acceptors (Lipinski definition) is 3. The molecule has 0 aliphatic heterocycles. The van der Waals surface area contributed by atoms with Crippen LogP contribution in [0.2, 0.25) is 5.02 Å². The van der Waals surface area contributed by atoms with Gasteiger partial charge in [-0.3, -0.25) is 0 Å². The Morgan fingerprint density at radius 1 is 1.24 bits per heavy atom. The number of fused-ring (bicyclic) bond motifs is 1. The number of benzene rings is 1. The Bertz CT molecular complexity index is 648. The van der Waals surface area contributed by atoms with Crippen molar-refractivity contribution in [3.8, 4) is 10.6 Å². The molecule has 1 aromatic carbocycles. The van der Waals surface area contributed by atoms with Gasteiger partial charge in [0.2, 0.25) is 0 Å². The summed E-state index contributed by atoms with van der Waals surface area (Å²) in [5.41, 5.74) is 2.40. The lowest BCUT2D eigenvalue weighted by molar-refractivity contribution is 0.500. The van der Waals surface area contributed by atoms with Crippen molar-refractivity contribution in [1.29, 1.82) is 0 Å². The van der Waals surface area contributed by atoms with Gasteiger partial charge in [0, 0.05) is 28.9 Å². The van der Waals surface area contributed by atoms with Crippen molar-refractivity contribution in [2.75, 3.05) is 6.54 Å². The van der Waals surface area contributed by atoms with Crippen LogP contribution in [0.4, 0.5) is 0 Å². The fourth-order valence-electron chi connectivity index (χ4n) is 3.05. The summed E-state index contributed by atoms with van der Waals surface area (Å²) in [5.74, 6) is 0.585. The van der Waals surface area contributed by atoms with Gasteiger partial charge in [-0.25, -0.2) is 4.98 Å². The maximum absolute atomic E-state index is 6.32. The van der Waals surface area contributed by atoms with E-state index in [4.69, 9.17) is 16.6 Å². The first-order valence-corrected chi connectivity index (χ1v) is 8.98. The fourth-order valence-corrected chi connectivity index (χ4v) is 4.56. The third kappa shape index (κ3) is 2.87. The highest BCUT2D eigenvalue weighted by Gasteiger charge is 2.28. The SMILES string of the molecule is Clc1ccccc1-c1nc2c(s1)CCCC2CNC1CC1. The molecule has 1 heterocycles. The molecule has 2 nitrogen and oxygen atoms in total. The summed E-state index contributed by atoms with van der Waals surface area (Å²) in [4.78, 5) is 6.43. The largest absolute Gasteiger partial charge is 0.313 e. The molecule has 1 saturated carbocycles. The van der Waals surface area contributed by atoms with Crippen LogP contribution in [0.15, 0.2) is 24.3 Å². The minimum absolute atomic E-state index is 0.585. The lowest BCUT2D eigenvalue weighted by atomic mass is 9.91. The van der Waals surface area contributed by atoms with Crippen molar-refractivity contribution in [2.45, 2.75) is 44.1 Å². The zero-order valence-electron chi connectivity index (χ0n) is 11.9. The molecule has 4 heteroatoms. The van der Waals surface area contributed by atoms with Crippen molar-refractivity contribution < 1.29 is 0 Å². The van der Waals surface area contributed by atoms with Crippen LogP contribution < -0.4 is 5.32 Å². The Labute approximate surface area is 134 Å². The smallest absolute Gasteiger partial charge is 0.125 e. The summed E-state index contributed by atoms with van der Waals surface area (Å²) in [7, 11) is 0. The van der Waals surface area contributed by atoms with E-state index in [1.165, 1.54) is 42.7 Å². The quantitative estimate of drug-likeness (QED) is 0.888. The van der Waals surface area contributed by atoms with Gasteiger partial charge < -0.3 is 5.32 Å². The topological polar surface area (TPSA) is 24.9 Å². The van der Waals surface area contributed by atoms with Crippen LogP contribution >= 0.6 is 22.9 Å². The third-order valence-electron chi connectivity index (χ3n) is 4.41. The van der Waals surface area contributed by atoms with Gasteiger partial charge in [-0.15, -0.1) is 11.3 Å². The van der Waals surface area contributed by atoms with Gasteiger partial charge >= 0.3 is 0 Å². The molecule has 4 rings (SSSR count). The molecule has 0 saturated heterocycles. The number of aromatic nitrogens is 1. The lowest BCUT2D eigenvalue weighted by Crippen LogP contribution is -2.25. The summed E-state index contributed by atoms with van der Waals surface area (Å²) in [6.45, 7) is 1.09. The number of nitrogens with zero attached hydrogens (tertiary/aromatic N) is 1. The maximum Gasteiger partial charge on any atom is 0.125 e. The summed E-state index contributed by atoms with van der Waals surface area (Å²) in [5, 5.41) is 5.56. The van der Waals surface area contributed by atoms with Crippen LogP contribution in [-0.2, 0) is 6.42 Å². The summed E-state index contributed by atoms with van der Waals surface area (Å²) < 4.78 is 0. The first-order valence-electron chi connectivity index (χ1n) is 7.79. The van der Waals surface area contributed by atoms with Crippen molar-refractivity contribution >= 4 is 22.9 Å². The zero-order valence-corrected chi connectivity index (χ0v) is 13.5. The molecule has 0 amide bonds. The maximum atomic E-state index is 6.32. The molecule has 1 N–H and O–H groups in total. The minimum atomic E-state index is 0.585. The predicted octanol–water partition coefficient (Wildman–Crippen LogP) is 4.64. The van der Waals surface area contributed by atoms with Gasteiger partial charge in [0.15, 0.2) is 0 Å². The Hall–Kier alpha value is -0.900. The zero-order chi connectivity index (χ0) is 14.2. The number of nitrogens with one attached hydrogen (secondary N) is 1. The molecular formula is C17H19ClN2S. The van der Waals surface area contributed by atoms with Crippen LogP contribution in [0, 0.1) is 0 Å². The first kappa shape index (κ1) is 13.7. The average Bonchev–Trinajstić information content (AvgIpc) is 3.22. The van der Waals surface area contributed by atoms with E-state index >= 15 is 0 Å². The van der Waals surface area contributed by atoms with E-state index in [1.54, 1.807) is 0 Å². The third-order valence-corrected chi connectivity index (χ3v) is 5.90. The van der Waals surface area contributed by atoms with Crippen LogP contribution in [-0.4, -0.2) is 17.6 Å². The van der Waals surface area contributed by atoms with Gasteiger partial charge in [-0.1, -0.05) is 29.8 Å². The highest BCUT2D eigenvalue weighted by atomic mass is 35.5. The van der Waals surface area contributed by atoms with Crippen LogP contribution in [0.3, 0.4) is 0 Å². The molecule has 1 atom stereocenters. The molecule has 110 valence electrons. The molecule has 2 aromatic rings. The molecule has 1 aromatic heterocycles. The molecule has 1 fully saturated rings. The van der Waals surface area contributed by atoms with Gasteiger partial charge in [-0.05, 0) is 38.2 Å². The van der Waals surface area contributed by atoms with Gasteiger partial charge in [0.1, 0.15) is 5.01 Å². The number of thiazole rings is 1. The summed E-state index contributed by atoms with van der Waals surface area (Å²) in [6, 6.07) is 8.81. The number of halogens is 1. The summed E-state index contributed by atoms with van der Waals surface area (Å²) >= 11 is 8.16. The molecule has 21 heavy (non-hydrogen) atoms. The Morgan fingerprint density at radius 3 is 2.90 bits per heavy atom. The second kappa shape index (κ2) is 5.71. The standard InChI is InChI=1S/C17H19ClN2S/c18-14-6-2-1-5-13(14)17-20-16-11(10-19-12-8-9-12)4-3-7-15(16)21-17/h1-2,5-6,11-12,19H,3-4,7-10H2. The normalized spacial score (nSPS) is 21.3. The second-order valence-corrected chi connectivity index (χ2v) is 7.57. The lowest BCUT2D eigenvalue weighted by Gasteiger charge is -2.21. The molecule has 2 aliphatic rings. The van der Waals surface area contributed by atoms with E-state index in [0.29, 0.717) is 5.92 Å².